The van der Waals surface area contributed by atoms with Gasteiger partial charge in [-0.05, 0) is 37.0 Å². The van der Waals surface area contributed by atoms with Crippen LogP contribution in [0.15, 0.2) is 18.2 Å². The van der Waals surface area contributed by atoms with Crippen molar-refractivity contribution in [2.75, 3.05) is 37.4 Å². The molecule has 8 heteroatoms. The van der Waals surface area contributed by atoms with Crippen molar-refractivity contribution in [3.63, 3.8) is 0 Å². The number of amides is 1. The van der Waals surface area contributed by atoms with Crippen molar-refractivity contribution in [1.29, 1.82) is 0 Å². The van der Waals surface area contributed by atoms with Gasteiger partial charge in [0.25, 0.3) is 5.91 Å². The van der Waals surface area contributed by atoms with Crippen LogP contribution < -0.4 is 4.72 Å². The van der Waals surface area contributed by atoms with E-state index in [0.717, 1.165) is 25.6 Å². The molecule has 0 spiro atoms. The van der Waals surface area contributed by atoms with Gasteiger partial charge in [-0.15, -0.1) is 0 Å². The third-order valence-corrected chi connectivity index (χ3v) is 4.99. The van der Waals surface area contributed by atoms with Gasteiger partial charge in [-0.3, -0.25) is 13.9 Å². The molecule has 1 atom stereocenters. The Morgan fingerprint density at radius 2 is 2.00 bits per heavy atom. The quantitative estimate of drug-likeness (QED) is 0.815. The summed E-state index contributed by atoms with van der Waals surface area (Å²) in [6.07, 6.45) is 2.67. The molecule has 1 amide bonds. The monoisotopic (exact) mass is 356 g/mol. The van der Waals surface area contributed by atoms with E-state index >= 15 is 0 Å². The van der Waals surface area contributed by atoms with Crippen molar-refractivity contribution in [3.05, 3.63) is 28.8 Å². The first-order valence-corrected chi connectivity index (χ1v) is 9.15. The van der Waals surface area contributed by atoms with Gasteiger partial charge in [-0.2, -0.15) is 0 Å². The predicted molar refractivity (Wildman–Crippen MR) is 89.1 cm³/mol. The minimum atomic E-state index is -2.41. The highest BCUT2D eigenvalue weighted by Crippen LogP contribution is 2.30. The molecule has 1 unspecified atom stereocenters. The van der Waals surface area contributed by atoms with Gasteiger partial charge < -0.3 is 14.2 Å². The number of anilines is 1. The van der Waals surface area contributed by atoms with Gasteiger partial charge in [-0.25, -0.2) is 0 Å². The number of benzene rings is 1. The molecule has 6 nitrogen and oxygen atoms in total. The number of halogens is 1. The Kier molecular flexibility index (Phi) is 5.21. The molecule has 1 aliphatic carbocycles. The second kappa shape index (κ2) is 7.17. The number of nitrogens with one attached hydrogen (secondary N) is 1. The zero-order valence-electron chi connectivity index (χ0n) is 12.7. The fourth-order valence-electron chi connectivity index (χ4n) is 2.82. The second-order valence-electron chi connectivity index (χ2n) is 6.07. The lowest BCUT2D eigenvalue weighted by Crippen LogP contribution is -2.49. The van der Waals surface area contributed by atoms with E-state index in [1.807, 2.05) is 4.90 Å². The maximum absolute atomic E-state index is 12.6. The van der Waals surface area contributed by atoms with Crippen LogP contribution in [0.1, 0.15) is 23.2 Å². The highest BCUT2D eigenvalue weighted by molar-refractivity contribution is 7.80. The molecule has 3 rings (SSSR count). The van der Waals surface area contributed by atoms with Gasteiger partial charge in [0.15, 0.2) is 0 Å². The Balaban J connectivity index is 1.60. The van der Waals surface area contributed by atoms with Crippen LogP contribution in [0.4, 0.5) is 5.69 Å². The van der Waals surface area contributed by atoms with E-state index in [0.29, 0.717) is 24.3 Å². The molecule has 1 saturated heterocycles. The van der Waals surface area contributed by atoms with Gasteiger partial charge >= 0.3 is 0 Å². The Bertz CT molecular complexity index is 616. The Morgan fingerprint density at radius 1 is 1.30 bits per heavy atom. The Labute approximate surface area is 143 Å². The van der Waals surface area contributed by atoms with Crippen LogP contribution in [0.25, 0.3) is 0 Å². The molecule has 1 aliphatic heterocycles. The third-order valence-electron chi connectivity index (χ3n) is 4.27. The van der Waals surface area contributed by atoms with Crippen molar-refractivity contribution >= 4 is 34.5 Å². The fourth-order valence-corrected chi connectivity index (χ4v) is 3.40. The van der Waals surface area contributed by atoms with Crippen LogP contribution in [-0.4, -0.2) is 57.2 Å². The van der Waals surface area contributed by atoms with E-state index in [9.17, 15) is 13.6 Å². The molecule has 2 fully saturated rings. The Hall–Kier alpha value is -1.15. The topological polar surface area (TPSA) is 75.7 Å². The molecular formula is C15H19ClN3O3S-. The smallest absolute Gasteiger partial charge is 0.255 e. The standard InChI is InChI=1S/C15H20ClN3O3S/c16-14-9-12(17-23(21)22)3-4-13(14)15(20)19-7-5-18(6-8-19)10-11-1-2-11/h3-4,9,11,17H,1-2,5-8,10H2,(H,21,22)/p-1. The van der Waals surface area contributed by atoms with E-state index < -0.39 is 11.3 Å². The minimum absolute atomic E-state index is 0.101. The normalized spacial score (nSPS) is 20.3. The van der Waals surface area contributed by atoms with Crippen LogP contribution in [0.2, 0.25) is 5.02 Å². The molecule has 0 radical (unpaired) electrons. The van der Waals surface area contributed by atoms with E-state index in [-0.39, 0.29) is 10.9 Å². The van der Waals surface area contributed by atoms with Crippen LogP contribution in [0.3, 0.4) is 0 Å². The highest BCUT2D eigenvalue weighted by Gasteiger charge is 2.28. The second-order valence-corrected chi connectivity index (χ2v) is 7.15. The molecule has 0 bridgehead atoms. The van der Waals surface area contributed by atoms with Crippen LogP contribution >= 0.6 is 11.6 Å². The number of carbonyl (C=O) groups is 1. The van der Waals surface area contributed by atoms with Crippen molar-refractivity contribution in [1.82, 2.24) is 9.80 Å². The lowest BCUT2D eigenvalue weighted by molar-refractivity contribution is 0.0632. The summed E-state index contributed by atoms with van der Waals surface area (Å²) in [5.41, 5.74) is 0.749. The van der Waals surface area contributed by atoms with Gasteiger partial charge in [0.2, 0.25) is 0 Å². The Morgan fingerprint density at radius 3 is 2.57 bits per heavy atom. The number of rotatable bonds is 5. The van der Waals surface area contributed by atoms with Crippen molar-refractivity contribution in [2.24, 2.45) is 5.92 Å². The lowest BCUT2D eigenvalue weighted by Gasteiger charge is -2.35. The molecule has 1 aromatic rings. The molecule has 0 aromatic heterocycles. The highest BCUT2D eigenvalue weighted by atomic mass is 35.5. The molecule has 1 aromatic carbocycles. The summed E-state index contributed by atoms with van der Waals surface area (Å²) in [6, 6.07) is 4.56. The first-order valence-electron chi connectivity index (χ1n) is 7.70. The van der Waals surface area contributed by atoms with Crippen molar-refractivity contribution in [2.45, 2.75) is 12.8 Å². The van der Waals surface area contributed by atoms with Gasteiger partial charge in [-0.1, -0.05) is 11.6 Å². The summed E-state index contributed by atoms with van der Waals surface area (Å²) >= 11 is 3.72. The summed E-state index contributed by atoms with van der Waals surface area (Å²) in [4.78, 5) is 16.8. The zero-order chi connectivity index (χ0) is 16.4. The predicted octanol–water partition coefficient (Wildman–Crippen LogP) is 1.71. The van der Waals surface area contributed by atoms with Gasteiger partial charge in [0, 0.05) is 49.7 Å². The molecule has 1 saturated carbocycles. The van der Waals surface area contributed by atoms with E-state index in [2.05, 4.69) is 9.62 Å². The molecule has 126 valence electrons. The van der Waals surface area contributed by atoms with Gasteiger partial charge in [0.1, 0.15) is 0 Å². The molecule has 1 heterocycles. The maximum atomic E-state index is 12.6. The molecule has 2 aliphatic rings. The number of hydrogen-bond acceptors (Lipinski definition) is 4. The first-order chi connectivity index (χ1) is 11.0. The average molecular weight is 357 g/mol. The zero-order valence-corrected chi connectivity index (χ0v) is 14.2. The van der Waals surface area contributed by atoms with Crippen molar-refractivity contribution in [3.8, 4) is 0 Å². The average Bonchev–Trinajstić information content (AvgIpc) is 3.31. The van der Waals surface area contributed by atoms with Crippen LogP contribution in [0, 0.1) is 5.92 Å². The fraction of sp³-hybridized carbons (Fsp3) is 0.533. The first kappa shape index (κ1) is 16.7. The number of hydrogen-bond donors (Lipinski definition) is 1. The maximum Gasteiger partial charge on any atom is 0.255 e. The summed E-state index contributed by atoms with van der Waals surface area (Å²) in [5, 5.41) is 0.255. The number of nitrogens with zero attached hydrogens (tertiary/aromatic N) is 2. The van der Waals surface area contributed by atoms with Crippen LogP contribution in [0.5, 0.6) is 0 Å². The third kappa shape index (κ3) is 4.44. The summed E-state index contributed by atoms with van der Waals surface area (Å²) < 4.78 is 23.5. The summed E-state index contributed by atoms with van der Waals surface area (Å²) in [6.45, 7) is 4.34. The van der Waals surface area contributed by atoms with Gasteiger partial charge in [0.05, 0.1) is 10.6 Å². The summed E-state index contributed by atoms with van der Waals surface area (Å²) in [5.74, 6) is 0.758. The summed E-state index contributed by atoms with van der Waals surface area (Å²) in [7, 11) is 0. The number of carbonyl (C=O) groups excluding carboxylic acids is 1. The molecule has 1 N–H and O–H groups in total. The van der Waals surface area contributed by atoms with E-state index in [1.165, 1.54) is 25.0 Å². The van der Waals surface area contributed by atoms with E-state index in [1.54, 1.807) is 6.07 Å². The van der Waals surface area contributed by atoms with Crippen molar-refractivity contribution < 1.29 is 13.6 Å². The minimum Gasteiger partial charge on any atom is -0.755 e. The lowest BCUT2D eigenvalue weighted by atomic mass is 10.1. The van der Waals surface area contributed by atoms with Crippen LogP contribution in [-0.2, 0) is 11.3 Å². The molecule has 23 heavy (non-hydrogen) atoms. The SMILES string of the molecule is O=C(c1ccc(NS(=O)[O-])cc1Cl)N1CCN(CC2CC2)CC1. The largest absolute Gasteiger partial charge is 0.755 e. The molecular weight excluding hydrogens is 338 g/mol. The van der Waals surface area contributed by atoms with E-state index in [4.69, 9.17) is 11.6 Å². The number of piperazine rings is 1.